The second-order valence-electron chi connectivity index (χ2n) is 16.3. The predicted octanol–water partition coefficient (Wildman–Crippen LogP) is 8.73. The Morgan fingerprint density at radius 3 is 2.09 bits per heavy atom. The van der Waals surface area contributed by atoms with Crippen LogP contribution in [0.25, 0.3) is 15.7 Å². The first kappa shape index (κ1) is 46.1. The molecule has 0 bridgehead atoms. The number of imidazole rings is 1. The number of carbonyl (C=O) groups excluding carboxylic acids is 4. The Balaban J connectivity index is 0.000000192. The first-order valence-electron chi connectivity index (χ1n) is 22.0. The van der Waals surface area contributed by atoms with E-state index < -0.39 is 5.82 Å². The summed E-state index contributed by atoms with van der Waals surface area (Å²) in [5.41, 5.74) is 2.01. The molecule has 0 radical (unpaired) electrons. The summed E-state index contributed by atoms with van der Waals surface area (Å²) in [5, 5.41) is 7.47. The lowest BCUT2D eigenvalue weighted by molar-refractivity contribution is 0.0673. The first-order chi connectivity index (χ1) is 31.2. The molecule has 2 saturated heterocycles. The monoisotopic (exact) mass is 908 g/mol. The summed E-state index contributed by atoms with van der Waals surface area (Å²) in [7, 11) is 1.50. The van der Waals surface area contributed by atoms with Crippen LogP contribution in [0.1, 0.15) is 105 Å². The van der Waals surface area contributed by atoms with Gasteiger partial charge in [-0.25, -0.2) is 14.4 Å². The second-order valence-corrected chi connectivity index (χ2v) is 17.8. The van der Waals surface area contributed by atoms with Gasteiger partial charge in [0.05, 0.1) is 32.8 Å². The fourth-order valence-electron chi connectivity index (χ4n) is 8.33. The van der Waals surface area contributed by atoms with Crippen molar-refractivity contribution in [1.29, 1.82) is 0 Å². The number of benzene rings is 1. The number of likely N-dealkylation sites (tertiary alicyclic amines) is 2. The Hall–Kier alpha value is -5.93. The van der Waals surface area contributed by atoms with E-state index in [2.05, 4.69) is 25.6 Å². The molecule has 13 nitrogen and oxygen atoms in total. The zero-order valence-corrected chi connectivity index (χ0v) is 37.6. The minimum atomic E-state index is -0.457. The van der Waals surface area contributed by atoms with Crippen molar-refractivity contribution < 1.29 is 28.3 Å². The fourth-order valence-corrected chi connectivity index (χ4v) is 9.43. The van der Waals surface area contributed by atoms with E-state index in [1.54, 1.807) is 60.0 Å². The molecule has 0 spiro atoms. The summed E-state index contributed by atoms with van der Waals surface area (Å²) in [5.74, 6) is 0.628. The highest BCUT2D eigenvalue weighted by molar-refractivity contribution is 7.20. The van der Waals surface area contributed by atoms with Gasteiger partial charge in [0.15, 0.2) is 0 Å². The summed E-state index contributed by atoms with van der Waals surface area (Å²) in [6.07, 6.45) is 20.3. The van der Waals surface area contributed by atoms with Crippen LogP contribution in [0.2, 0.25) is 5.02 Å². The highest BCUT2D eigenvalue weighted by atomic mass is 35.5. The minimum Gasteiger partial charge on any atom is -0.480 e. The van der Waals surface area contributed by atoms with E-state index in [1.807, 2.05) is 33.7 Å². The van der Waals surface area contributed by atoms with Gasteiger partial charge < -0.3 is 29.6 Å². The van der Waals surface area contributed by atoms with Crippen LogP contribution < -0.4 is 15.4 Å². The molecule has 0 atom stereocenters. The van der Waals surface area contributed by atoms with E-state index >= 15 is 0 Å². The molecule has 0 saturated carbocycles. The molecule has 2 N–H and O–H groups in total. The third kappa shape index (κ3) is 12.2. The van der Waals surface area contributed by atoms with Gasteiger partial charge in [-0.05, 0) is 98.2 Å². The number of carbonyl (C=O) groups is 4. The van der Waals surface area contributed by atoms with Gasteiger partial charge in [-0.1, -0.05) is 49.4 Å². The fraction of sp³-hybridized carbons (Fsp3) is 0.396. The molecule has 4 amide bonds. The average Bonchev–Trinajstić information content (AvgIpc) is 3.99. The molecule has 2 aliphatic heterocycles. The minimum absolute atomic E-state index is 0.0195. The maximum Gasteiger partial charge on any atom is 0.261 e. The Morgan fingerprint density at radius 1 is 0.781 bits per heavy atom. The number of thiophene rings is 1. The molecule has 2 fully saturated rings. The maximum atomic E-state index is 13.8. The first-order valence-corrected chi connectivity index (χ1v) is 23.2. The topological polar surface area (TPSA) is 151 Å². The van der Waals surface area contributed by atoms with Gasteiger partial charge in [0.2, 0.25) is 5.88 Å². The van der Waals surface area contributed by atoms with Crippen LogP contribution in [-0.2, 0) is 0 Å². The van der Waals surface area contributed by atoms with Gasteiger partial charge in [-0.3, -0.25) is 24.2 Å². The number of pyridine rings is 3. The molecule has 64 heavy (non-hydrogen) atoms. The van der Waals surface area contributed by atoms with Crippen LogP contribution >= 0.6 is 22.9 Å². The van der Waals surface area contributed by atoms with Crippen molar-refractivity contribution >= 4 is 62.3 Å². The number of methoxy groups -OCH3 is 1. The highest BCUT2D eigenvalue weighted by Gasteiger charge is 2.27. The molecule has 336 valence electrons. The summed E-state index contributed by atoms with van der Waals surface area (Å²) >= 11 is 7.49. The van der Waals surface area contributed by atoms with E-state index in [-0.39, 0.29) is 29.2 Å². The van der Waals surface area contributed by atoms with Gasteiger partial charge in [0.1, 0.15) is 17.0 Å². The lowest BCUT2D eigenvalue weighted by Crippen LogP contribution is -2.38. The molecule has 1 aromatic carbocycles. The smallest absolute Gasteiger partial charge is 0.261 e. The molecular formula is C48H54ClFN8O5S. The number of unbranched alkanes of at least 4 members (excludes halogenated alkanes) is 2. The van der Waals surface area contributed by atoms with Gasteiger partial charge in [0.25, 0.3) is 23.6 Å². The number of fused-ring (bicyclic) bond motifs is 2. The molecule has 8 rings (SSSR count). The summed E-state index contributed by atoms with van der Waals surface area (Å²) in [6.45, 7) is 4.10. The number of nitrogens with zero attached hydrogens (tertiary/aromatic N) is 6. The van der Waals surface area contributed by atoms with Gasteiger partial charge in [0, 0.05) is 76.4 Å². The SMILES string of the molecule is COc1ncc(Cl)cc1C(=O)N1CCC(CCCCNC(=O)c2cc3ccncc3s2)CC1.O=C(NCCCCC1CCN(C(=O)c2ccccc2F)CC1)c1ccc2nccn2c1. The van der Waals surface area contributed by atoms with E-state index in [0.717, 1.165) is 97.9 Å². The number of nitrogens with one attached hydrogen (secondary N) is 2. The Bertz CT molecular complexity index is 2500. The van der Waals surface area contributed by atoms with Crippen molar-refractivity contribution in [3.05, 3.63) is 124 Å². The third-order valence-corrected chi connectivity index (χ3v) is 13.3. The molecule has 16 heteroatoms. The standard InChI is InChI=1S/C24H27ClN4O3S.C24H27FN4O2/c1-32-23-19(13-18(25)14-28-23)24(31)29-10-6-16(7-11-29)4-2-3-8-27-22(30)20-12-17-5-9-26-15-21(17)33-20;25-21-7-2-1-6-20(21)24(31)28-14-10-18(11-15-28)5-3-4-12-27-23(30)19-8-9-22-26-13-16-29(22)17-19/h5,9,12-16H,2-4,6-8,10-11H2,1H3,(H,27,30);1-2,6-9,13,16-18H,3-5,10-12,14-15H2,(H,27,30). The largest absolute Gasteiger partial charge is 0.480 e. The van der Waals surface area contributed by atoms with Crippen molar-refractivity contribution in [3.8, 4) is 5.88 Å². The Labute approximate surface area is 381 Å². The van der Waals surface area contributed by atoms with Crippen LogP contribution in [0.15, 0.2) is 91.8 Å². The number of hydrogen-bond donors (Lipinski definition) is 2. The Morgan fingerprint density at radius 2 is 1.44 bits per heavy atom. The highest BCUT2D eigenvalue weighted by Crippen LogP contribution is 2.28. The molecule has 0 aliphatic carbocycles. The van der Waals surface area contributed by atoms with Crippen molar-refractivity contribution in [1.82, 2.24) is 39.8 Å². The number of piperidine rings is 2. The van der Waals surface area contributed by atoms with Gasteiger partial charge in [-0.2, -0.15) is 0 Å². The molecule has 0 unspecified atom stereocenters. The van der Waals surface area contributed by atoms with E-state index in [0.29, 0.717) is 60.0 Å². The normalized spacial score (nSPS) is 14.5. The van der Waals surface area contributed by atoms with Gasteiger partial charge >= 0.3 is 0 Å². The summed E-state index contributed by atoms with van der Waals surface area (Å²) in [6, 6.07) is 15.2. The van der Waals surface area contributed by atoms with Crippen LogP contribution in [0, 0.1) is 17.7 Å². The van der Waals surface area contributed by atoms with E-state index in [9.17, 15) is 23.6 Å². The van der Waals surface area contributed by atoms with Crippen molar-refractivity contribution in [2.75, 3.05) is 46.4 Å². The van der Waals surface area contributed by atoms with Crippen LogP contribution in [0.4, 0.5) is 4.39 Å². The Kier molecular flexibility index (Phi) is 16.3. The number of amides is 4. The zero-order valence-electron chi connectivity index (χ0n) is 36.0. The number of aromatic nitrogens is 4. The van der Waals surface area contributed by atoms with Crippen molar-refractivity contribution in [3.63, 3.8) is 0 Å². The molecule has 2 aliphatic rings. The van der Waals surface area contributed by atoms with Crippen LogP contribution in [0.3, 0.4) is 0 Å². The summed E-state index contributed by atoms with van der Waals surface area (Å²) in [4.78, 5) is 66.8. The number of ether oxygens (including phenoxy) is 1. The number of halogens is 2. The molecular weight excluding hydrogens is 855 g/mol. The predicted molar refractivity (Wildman–Crippen MR) is 247 cm³/mol. The van der Waals surface area contributed by atoms with Crippen molar-refractivity contribution in [2.24, 2.45) is 11.8 Å². The lowest BCUT2D eigenvalue weighted by atomic mass is 9.91. The third-order valence-electron chi connectivity index (χ3n) is 12.0. The van der Waals surface area contributed by atoms with Crippen LogP contribution in [-0.4, -0.2) is 99.2 Å². The maximum absolute atomic E-state index is 13.8. The molecule has 6 aromatic rings. The summed E-state index contributed by atoms with van der Waals surface area (Å²) < 4.78 is 21.9. The molecule has 7 heterocycles. The average molecular weight is 910 g/mol. The lowest BCUT2D eigenvalue weighted by Gasteiger charge is -2.32. The van der Waals surface area contributed by atoms with E-state index in [1.165, 1.54) is 30.7 Å². The quantitative estimate of drug-likeness (QED) is 0.0972. The number of hydrogen-bond acceptors (Lipinski definition) is 9. The van der Waals surface area contributed by atoms with Crippen LogP contribution in [0.5, 0.6) is 5.88 Å². The molecule has 5 aromatic heterocycles. The van der Waals surface area contributed by atoms with Crippen molar-refractivity contribution in [2.45, 2.75) is 64.2 Å². The van der Waals surface area contributed by atoms with E-state index in [4.69, 9.17) is 16.3 Å². The second kappa shape index (κ2) is 22.6. The number of rotatable bonds is 15. The van der Waals surface area contributed by atoms with Gasteiger partial charge in [-0.15, -0.1) is 11.3 Å². The zero-order chi connectivity index (χ0) is 44.8.